The minimum atomic E-state index is -0.159. The maximum absolute atomic E-state index is 12.2. The Bertz CT molecular complexity index is 1020. The van der Waals surface area contributed by atoms with Gasteiger partial charge >= 0.3 is 0 Å². The number of nitrogens with zero attached hydrogens (tertiary/aromatic N) is 3. The summed E-state index contributed by atoms with van der Waals surface area (Å²) in [4.78, 5) is 12.2. The van der Waals surface area contributed by atoms with Gasteiger partial charge in [0.05, 0.1) is 12.1 Å². The second kappa shape index (κ2) is 5.53. The summed E-state index contributed by atoms with van der Waals surface area (Å²) in [5, 5.41) is 9.24. The summed E-state index contributed by atoms with van der Waals surface area (Å²) >= 11 is 0. The number of hydrogen-bond acceptors (Lipinski definition) is 4. The van der Waals surface area contributed by atoms with E-state index in [-0.39, 0.29) is 12.1 Å². The molecule has 0 saturated heterocycles. The van der Waals surface area contributed by atoms with Crippen molar-refractivity contribution in [1.29, 1.82) is 0 Å². The third kappa shape index (κ3) is 2.64. The summed E-state index contributed by atoms with van der Waals surface area (Å²) in [6.45, 7) is 0.278. The molecule has 5 heteroatoms. The second-order valence-electron chi connectivity index (χ2n) is 5.25. The van der Waals surface area contributed by atoms with Gasteiger partial charge in [-0.25, -0.2) is 4.68 Å². The van der Waals surface area contributed by atoms with Crippen molar-refractivity contribution in [2.45, 2.75) is 6.54 Å². The van der Waals surface area contributed by atoms with E-state index in [9.17, 15) is 4.79 Å². The lowest BCUT2D eigenvalue weighted by Crippen LogP contribution is -2.22. The van der Waals surface area contributed by atoms with Gasteiger partial charge < -0.3 is 4.52 Å². The Kier molecular flexibility index (Phi) is 3.24. The molecule has 2 heterocycles. The van der Waals surface area contributed by atoms with Crippen LogP contribution in [0.5, 0.6) is 0 Å². The molecule has 0 aliphatic rings. The Morgan fingerprint density at radius 3 is 2.61 bits per heavy atom. The van der Waals surface area contributed by atoms with Gasteiger partial charge in [-0.15, -0.1) is 0 Å². The molecule has 23 heavy (non-hydrogen) atoms. The average Bonchev–Trinajstić information content (AvgIpc) is 3.05. The van der Waals surface area contributed by atoms with E-state index in [1.54, 1.807) is 6.07 Å². The molecule has 0 atom stereocenters. The maximum atomic E-state index is 12.2. The lowest BCUT2D eigenvalue weighted by atomic mass is 10.2. The summed E-state index contributed by atoms with van der Waals surface area (Å²) in [6.07, 6.45) is 0. The van der Waals surface area contributed by atoms with Crippen molar-refractivity contribution < 1.29 is 4.52 Å². The number of rotatable bonds is 3. The molecule has 0 saturated carbocycles. The van der Waals surface area contributed by atoms with Crippen molar-refractivity contribution in [1.82, 2.24) is 14.9 Å². The quantitative estimate of drug-likeness (QED) is 0.583. The first-order valence-electron chi connectivity index (χ1n) is 7.27. The predicted octanol–water partition coefficient (Wildman–Crippen LogP) is 3.10. The van der Waals surface area contributed by atoms with E-state index >= 15 is 0 Å². The Hall–Kier alpha value is -3.21. The number of benzene rings is 2. The van der Waals surface area contributed by atoms with Gasteiger partial charge in [-0.2, -0.15) is 5.10 Å². The van der Waals surface area contributed by atoms with E-state index < -0.39 is 0 Å². The van der Waals surface area contributed by atoms with E-state index in [4.69, 9.17) is 4.52 Å². The summed E-state index contributed by atoms with van der Waals surface area (Å²) in [5.74, 6) is 0.675. The first-order chi connectivity index (χ1) is 11.3. The molecule has 0 unspecified atom stereocenters. The standard InChI is InChI=1S/C18H13N3O2/c22-18-10-14-8-4-5-9-16(14)19-21(18)12-15-11-17(23-20-15)13-6-2-1-3-7-13/h1-11H,12H2. The minimum absolute atomic E-state index is 0.159. The zero-order valence-corrected chi connectivity index (χ0v) is 12.2. The first-order valence-corrected chi connectivity index (χ1v) is 7.27. The lowest BCUT2D eigenvalue weighted by molar-refractivity contribution is 0.418. The fourth-order valence-corrected chi connectivity index (χ4v) is 2.48. The van der Waals surface area contributed by atoms with E-state index in [0.29, 0.717) is 11.5 Å². The molecule has 2 aromatic heterocycles. The summed E-state index contributed by atoms with van der Waals surface area (Å²) in [6, 6.07) is 20.7. The highest BCUT2D eigenvalue weighted by atomic mass is 16.5. The number of hydrogen-bond donors (Lipinski definition) is 0. The van der Waals surface area contributed by atoms with Gasteiger partial charge in [-0.05, 0) is 6.07 Å². The van der Waals surface area contributed by atoms with Crippen molar-refractivity contribution in [3.63, 3.8) is 0 Å². The molecule has 0 N–H and O–H groups in total. The Labute approximate surface area is 131 Å². The summed E-state index contributed by atoms with van der Waals surface area (Å²) < 4.78 is 6.75. The van der Waals surface area contributed by atoms with Crippen LogP contribution >= 0.6 is 0 Å². The van der Waals surface area contributed by atoms with Gasteiger partial charge in [0.2, 0.25) is 0 Å². The van der Waals surface area contributed by atoms with Crippen molar-refractivity contribution in [2.24, 2.45) is 0 Å². The molecular formula is C18H13N3O2. The van der Waals surface area contributed by atoms with Gasteiger partial charge in [0, 0.05) is 23.1 Å². The van der Waals surface area contributed by atoms with Gasteiger partial charge in [0.25, 0.3) is 5.56 Å². The van der Waals surface area contributed by atoms with Crippen molar-refractivity contribution in [2.75, 3.05) is 0 Å². The predicted molar refractivity (Wildman–Crippen MR) is 87.0 cm³/mol. The van der Waals surface area contributed by atoms with E-state index in [0.717, 1.165) is 16.5 Å². The number of aromatic nitrogens is 3. The summed E-state index contributed by atoms with van der Waals surface area (Å²) in [5.41, 5.74) is 2.23. The lowest BCUT2D eigenvalue weighted by Gasteiger charge is -2.03. The topological polar surface area (TPSA) is 60.9 Å². The molecular weight excluding hydrogens is 290 g/mol. The van der Waals surface area contributed by atoms with Crippen LogP contribution in [0.3, 0.4) is 0 Å². The van der Waals surface area contributed by atoms with Crippen molar-refractivity contribution in [3.8, 4) is 11.3 Å². The fraction of sp³-hybridized carbons (Fsp3) is 0.0556. The third-order valence-electron chi connectivity index (χ3n) is 3.63. The van der Waals surface area contributed by atoms with Gasteiger partial charge in [-0.1, -0.05) is 53.7 Å². The van der Waals surface area contributed by atoms with Crippen LogP contribution in [0, 0.1) is 0 Å². The number of fused-ring (bicyclic) bond motifs is 1. The van der Waals surface area contributed by atoms with Crippen LogP contribution < -0.4 is 5.56 Å². The Morgan fingerprint density at radius 2 is 1.74 bits per heavy atom. The van der Waals surface area contributed by atoms with Crippen LogP contribution in [0.25, 0.3) is 22.2 Å². The zero-order chi connectivity index (χ0) is 15.6. The minimum Gasteiger partial charge on any atom is -0.356 e. The molecule has 0 bridgehead atoms. The highest BCUT2D eigenvalue weighted by Crippen LogP contribution is 2.19. The molecule has 4 aromatic rings. The van der Waals surface area contributed by atoms with Crippen LogP contribution in [0.1, 0.15) is 5.69 Å². The molecule has 112 valence electrons. The molecule has 0 amide bonds. The fourth-order valence-electron chi connectivity index (χ4n) is 2.48. The molecule has 0 fully saturated rings. The van der Waals surface area contributed by atoms with E-state index in [1.807, 2.05) is 60.7 Å². The monoisotopic (exact) mass is 303 g/mol. The Morgan fingerprint density at radius 1 is 0.957 bits per heavy atom. The van der Waals surface area contributed by atoms with Crippen LogP contribution in [-0.4, -0.2) is 14.9 Å². The van der Waals surface area contributed by atoms with Crippen LogP contribution in [0.15, 0.2) is 76.0 Å². The smallest absolute Gasteiger partial charge is 0.267 e. The molecule has 0 spiro atoms. The molecule has 2 aromatic carbocycles. The van der Waals surface area contributed by atoms with Crippen molar-refractivity contribution in [3.05, 3.63) is 82.8 Å². The highest BCUT2D eigenvalue weighted by Gasteiger charge is 2.09. The Balaban J connectivity index is 1.67. The van der Waals surface area contributed by atoms with Gasteiger partial charge in [0.1, 0.15) is 5.69 Å². The average molecular weight is 303 g/mol. The summed E-state index contributed by atoms with van der Waals surface area (Å²) in [7, 11) is 0. The van der Waals surface area contributed by atoms with Gasteiger partial charge in [0.15, 0.2) is 5.76 Å². The molecule has 4 rings (SSSR count). The largest absolute Gasteiger partial charge is 0.356 e. The maximum Gasteiger partial charge on any atom is 0.267 e. The van der Waals surface area contributed by atoms with Crippen LogP contribution in [0.4, 0.5) is 0 Å². The van der Waals surface area contributed by atoms with E-state index in [1.165, 1.54) is 4.68 Å². The second-order valence-corrected chi connectivity index (χ2v) is 5.25. The van der Waals surface area contributed by atoms with Crippen LogP contribution in [-0.2, 0) is 6.54 Å². The van der Waals surface area contributed by atoms with Gasteiger partial charge in [-0.3, -0.25) is 4.79 Å². The molecule has 0 radical (unpaired) electrons. The normalized spacial score (nSPS) is 11.0. The molecule has 0 aliphatic heterocycles. The molecule has 5 nitrogen and oxygen atoms in total. The van der Waals surface area contributed by atoms with Crippen LogP contribution in [0.2, 0.25) is 0 Å². The SMILES string of the molecule is O=c1cc2ccccc2nn1Cc1cc(-c2ccccc2)on1. The highest BCUT2D eigenvalue weighted by molar-refractivity contribution is 5.77. The van der Waals surface area contributed by atoms with E-state index in [2.05, 4.69) is 10.3 Å². The van der Waals surface area contributed by atoms with Crippen molar-refractivity contribution >= 4 is 10.9 Å². The zero-order valence-electron chi connectivity index (χ0n) is 12.2. The first kappa shape index (κ1) is 13.5. The third-order valence-corrected chi connectivity index (χ3v) is 3.63. The molecule has 0 aliphatic carbocycles.